The summed E-state index contributed by atoms with van der Waals surface area (Å²) in [5, 5.41) is 11.0. The van der Waals surface area contributed by atoms with Gasteiger partial charge in [0.05, 0.1) is 0 Å². The SMILES string of the molecule is Brc1cncc(-c2nc(N3CCCC4CNCC43)n[nH]2)c1. The number of aromatic amines is 1. The molecule has 2 aromatic heterocycles. The monoisotopic (exact) mass is 348 g/mol. The van der Waals surface area contributed by atoms with E-state index in [9.17, 15) is 0 Å². The Morgan fingerprint density at radius 1 is 1.29 bits per heavy atom. The fourth-order valence-corrected chi connectivity index (χ4v) is 3.73. The molecule has 6 nitrogen and oxygen atoms in total. The molecule has 2 aliphatic heterocycles. The molecule has 2 saturated heterocycles. The third-order valence-electron chi connectivity index (χ3n) is 4.39. The van der Waals surface area contributed by atoms with E-state index in [1.807, 2.05) is 6.07 Å². The van der Waals surface area contributed by atoms with Crippen LogP contribution in [0.4, 0.5) is 5.95 Å². The molecule has 2 aromatic rings. The maximum Gasteiger partial charge on any atom is 0.245 e. The Morgan fingerprint density at radius 2 is 2.24 bits per heavy atom. The summed E-state index contributed by atoms with van der Waals surface area (Å²) in [7, 11) is 0. The van der Waals surface area contributed by atoms with Crippen LogP contribution in [0.25, 0.3) is 11.4 Å². The Hall–Kier alpha value is -1.47. The van der Waals surface area contributed by atoms with Gasteiger partial charge in [0, 0.05) is 48.1 Å². The number of hydrogen-bond acceptors (Lipinski definition) is 5. The normalized spacial score (nSPS) is 25.1. The van der Waals surface area contributed by atoms with E-state index >= 15 is 0 Å². The maximum atomic E-state index is 4.68. The molecule has 0 amide bonds. The molecule has 2 aliphatic rings. The molecule has 0 aromatic carbocycles. The van der Waals surface area contributed by atoms with Crippen LogP contribution in [-0.4, -0.2) is 45.8 Å². The predicted octanol–water partition coefficient (Wildman–Crippen LogP) is 1.82. The van der Waals surface area contributed by atoms with Crippen LogP contribution in [0.1, 0.15) is 12.8 Å². The lowest BCUT2D eigenvalue weighted by atomic mass is 9.92. The number of pyridine rings is 1. The Morgan fingerprint density at radius 3 is 3.14 bits per heavy atom. The van der Waals surface area contributed by atoms with Crippen molar-refractivity contribution in [1.82, 2.24) is 25.5 Å². The first-order chi connectivity index (χ1) is 10.3. The maximum absolute atomic E-state index is 4.68. The molecule has 0 saturated carbocycles. The Balaban J connectivity index is 1.62. The molecule has 0 radical (unpaired) electrons. The van der Waals surface area contributed by atoms with Crippen LogP contribution in [0, 0.1) is 5.92 Å². The van der Waals surface area contributed by atoms with Crippen molar-refractivity contribution in [2.24, 2.45) is 5.92 Å². The average molecular weight is 349 g/mol. The van der Waals surface area contributed by atoms with Crippen molar-refractivity contribution in [2.75, 3.05) is 24.5 Å². The van der Waals surface area contributed by atoms with Gasteiger partial charge in [-0.3, -0.25) is 10.1 Å². The Kier molecular flexibility index (Phi) is 3.39. The topological polar surface area (TPSA) is 69.7 Å². The fourth-order valence-electron chi connectivity index (χ4n) is 3.37. The van der Waals surface area contributed by atoms with Gasteiger partial charge in [0.1, 0.15) is 0 Å². The number of aromatic nitrogens is 4. The first-order valence-electron chi connectivity index (χ1n) is 7.32. The highest BCUT2D eigenvalue weighted by atomic mass is 79.9. The number of fused-ring (bicyclic) bond motifs is 1. The van der Waals surface area contributed by atoms with Gasteiger partial charge in [0.2, 0.25) is 5.95 Å². The number of H-pyrrole nitrogens is 1. The smallest absolute Gasteiger partial charge is 0.245 e. The quantitative estimate of drug-likeness (QED) is 0.866. The number of nitrogens with one attached hydrogen (secondary N) is 2. The molecule has 2 unspecified atom stereocenters. The summed E-state index contributed by atoms with van der Waals surface area (Å²) in [6.45, 7) is 3.19. The molecule has 0 bridgehead atoms. The average Bonchev–Trinajstić information content (AvgIpc) is 3.16. The first kappa shape index (κ1) is 13.2. The van der Waals surface area contributed by atoms with Crippen LogP contribution in [0.3, 0.4) is 0 Å². The molecule has 0 aliphatic carbocycles. The van der Waals surface area contributed by atoms with Crippen molar-refractivity contribution < 1.29 is 0 Å². The summed E-state index contributed by atoms with van der Waals surface area (Å²) >= 11 is 3.44. The van der Waals surface area contributed by atoms with Gasteiger partial charge in [0.25, 0.3) is 0 Å². The number of anilines is 1. The van der Waals surface area contributed by atoms with Crippen molar-refractivity contribution in [3.8, 4) is 11.4 Å². The third-order valence-corrected chi connectivity index (χ3v) is 4.82. The van der Waals surface area contributed by atoms with Crippen LogP contribution in [0.2, 0.25) is 0 Å². The van der Waals surface area contributed by atoms with Crippen LogP contribution in [0.15, 0.2) is 22.9 Å². The molecule has 110 valence electrons. The van der Waals surface area contributed by atoms with Crippen molar-refractivity contribution in [3.63, 3.8) is 0 Å². The van der Waals surface area contributed by atoms with E-state index in [4.69, 9.17) is 0 Å². The highest BCUT2D eigenvalue weighted by Crippen LogP contribution is 2.30. The summed E-state index contributed by atoms with van der Waals surface area (Å²) in [4.78, 5) is 11.2. The van der Waals surface area contributed by atoms with Crippen LogP contribution < -0.4 is 10.2 Å². The molecule has 2 N–H and O–H groups in total. The summed E-state index contributed by atoms with van der Waals surface area (Å²) in [5.41, 5.74) is 0.946. The third kappa shape index (κ3) is 2.44. The summed E-state index contributed by atoms with van der Waals surface area (Å²) in [6, 6.07) is 2.52. The minimum absolute atomic E-state index is 0.531. The molecule has 4 rings (SSSR count). The second-order valence-electron chi connectivity index (χ2n) is 5.70. The minimum atomic E-state index is 0.531. The van der Waals surface area contributed by atoms with Gasteiger partial charge in [-0.05, 0) is 40.8 Å². The van der Waals surface area contributed by atoms with E-state index in [1.165, 1.54) is 12.8 Å². The van der Waals surface area contributed by atoms with E-state index in [-0.39, 0.29) is 0 Å². The highest BCUT2D eigenvalue weighted by molar-refractivity contribution is 9.10. The van der Waals surface area contributed by atoms with Gasteiger partial charge >= 0.3 is 0 Å². The number of nitrogens with zero attached hydrogens (tertiary/aromatic N) is 4. The first-order valence-corrected chi connectivity index (χ1v) is 8.11. The standard InChI is InChI=1S/C14H17BrN6/c15-11-4-10(6-16-7-11)13-18-14(20-19-13)21-3-1-2-9-5-17-8-12(9)21/h4,6-7,9,12,17H,1-3,5,8H2,(H,18,19,20). The van der Waals surface area contributed by atoms with E-state index in [1.54, 1.807) is 12.4 Å². The van der Waals surface area contributed by atoms with Crippen molar-refractivity contribution in [1.29, 1.82) is 0 Å². The molecular weight excluding hydrogens is 332 g/mol. The fraction of sp³-hybridized carbons (Fsp3) is 0.500. The summed E-state index contributed by atoms with van der Waals surface area (Å²) in [5.74, 6) is 2.31. The lowest BCUT2D eigenvalue weighted by molar-refractivity contribution is 0.381. The van der Waals surface area contributed by atoms with Gasteiger partial charge < -0.3 is 10.2 Å². The molecular formula is C14H17BrN6. The lowest BCUT2D eigenvalue weighted by Gasteiger charge is -2.36. The molecule has 4 heterocycles. The lowest BCUT2D eigenvalue weighted by Crippen LogP contribution is -2.45. The van der Waals surface area contributed by atoms with Crippen LogP contribution in [-0.2, 0) is 0 Å². The second-order valence-corrected chi connectivity index (χ2v) is 6.61. The minimum Gasteiger partial charge on any atom is -0.335 e. The molecule has 2 fully saturated rings. The van der Waals surface area contributed by atoms with Crippen molar-refractivity contribution in [3.05, 3.63) is 22.9 Å². The van der Waals surface area contributed by atoms with E-state index < -0.39 is 0 Å². The number of hydrogen-bond donors (Lipinski definition) is 2. The zero-order chi connectivity index (χ0) is 14.2. The van der Waals surface area contributed by atoms with E-state index in [0.717, 1.165) is 47.4 Å². The molecule has 7 heteroatoms. The number of halogens is 1. The molecule has 21 heavy (non-hydrogen) atoms. The Bertz CT molecular complexity index is 642. The van der Waals surface area contributed by atoms with Crippen LogP contribution >= 0.6 is 15.9 Å². The van der Waals surface area contributed by atoms with Gasteiger partial charge in [-0.15, -0.1) is 5.10 Å². The second kappa shape index (κ2) is 5.38. The van der Waals surface area contributed by atoms with Crippen LogP contribution in [0.5, 0.6) is 0 Å². The van der Waals surface area contributed by atoms with Crippen molar-refractivity contribution in [2.45, 2.75) is 18.9 Å². The van der Waals surface area contributed by atoms with Gasteiger partial charge in [-0.1, -0.05) is 0 Å². The summed E-state index contributed by atoms with van der Waals surface area (Å²) < 4.78 is 0.941. The largest absolute Gasteiger partial charge is 0.335 e. The zero-order valence-corrected chi connectivity index (χ0v) is 13.2. The van der Waals surface area contributed by atoms with Gasteiger partial charge in [0.15, 0.2) is 5.82 Å². The summed E-state index contributed by atoms with van der Waals surface area (Å²) in [6.07, 6.45) is 6.08. The van der Waals surface area contributed by atoms with Crippen molar-refractivity contribution >= 4 is 21.9 Å². The molecule has 2 atom stereocenters. The predicted molar refractivity (Wildman–Crippen MR) is 84.0 cm³/mol. The van der Waals surface area contributed by atoms with Gasteiger partial charge in [-0.2, -0.15) is 4.98 Å². The number of piperidine rings is 1. The van der Waals surface area contributed by atoms with E-state index in [0.29, 0.717) is 6.04 Å². The van der Waals surface area contributed by atoms with Gasteiger partial charge in [-0.25, -0.2) is 0 Å². The number of rotatable bonds is 2. The molecule has 0 spiro atoms. The highest BCUT2D eigenvalue weighted by Gasteiger charge is 2.36. The zero-order valence-electron chi connectivity index (χ0n) is 11.6. The Labute approximate surface area is 131 Å². The van der Waals surface area contributed by atoms with E-state index in [2.05, 4.69) is 46.3 Å².